The number of anilines is 1. The van der Waals surface area contributed by atoms with Crippen LogP contribution in [0.15, 0.2) is 54.7 Å². The molecule has 0 aliphatic carbocycles. The van der Waals surface area contributed by atoms with Crippen LogP contribution in [0, 0.1) is 0 Å². The number of rotatable bonds is 7. The molecule has 0 amide bonds. The highest BCUT2D eigenvalue weighted by Crippen LogP contribution is 2.17. The van der Waals surface area contributed by atoms with Crippen LogP contribution < -0.4 is 15.5 Å². The van der Waals surface area contributed by atoms with Crippen LogP contribution in [0.3, 0.4) is 0 Å². The summed E-state index contributed by atoms with van der Waals surface area (Å²) < 4.78 is 0. The van der Waals surface area contributed by atoms with Crippen LogP contribution >= 0.6 is 0 Å². The zero-order valence-electron chi connectivity index (χ0n) is 13.2. The van der Waals surface area contributed by atoms with Gasteiger partial charge in [0, 0.05) is 32.0 Å². The summed E-state index contributed by atoms with van der Waals surface area (Å²) >= 11 is 0. The lowest BCUT2D eigenvalue weighted by Gasteiger charge is -2.20. The third-order valence-corrected chi connectivity index (χ3v) is 4.29. The van der Waals surface area contributed by atoms with Crippen molar-refractivity contribution in [3.05, 3.63) is 60.3 Å². The van der Waals surface area contributed by atoms with Crippen LogP contribution in [0.1, 0.15) is 18.0 Å². The lowest BCUT2D eigenvalue weighted by Crippen LogP contribution is -2.41. The van der Waals surface area contributed by atoms with Crippen molar-refractivity contribution < 1.29 is 5.11 Å². The maximum absolute atomic E-state index is 9.56. The molecule has 122 valence electrons. The number of aliphatic hydroxyl groups is 1. The molecule has 1 saturated heterocycles. The molecule has 2 aromatic rings. The minimum atomic E-state index is -0.0306. The van der Waals surface area contributed by atoms with Gasteiger partial charge in [-0.1, -0.05) is 36.4 Å². The molecular formula is C18H24N4O. The van der Waals surface area contributed by atoms with Gasteiger partial charge in [0.15, 0.2) is 0 Å². The molecule has 0 spiro atoms. The van der Waals surface area contributed by atoms with Crippen molar-refractivity contribution in [3.63, 3.8) is 0 Å². The normalized spacial score (nSPS) is 19.0. The molecule has 1 aromatic carbocycles. The Balaban J connectivity index is 1.44. The smallest absolute Gasteiger partial charge is 0.128 e. The van der Waals surface area contributed by atoms with E-state index >= 15 is 0 Å². The number of aliphatic hydroxyl groups excluding tert-OH is 1. The largest absolute Gasteiger partial charge is 0.394 e. The minimum absolute atomic E-state index is 0.0306. The highest BCUT2D eigenvalue weighted by atomic mass is 16.3. The SMILES string of the molecule is OCC(NCN[C@@H]1CCN(c2ccccn2)C1)c1ccccc1. The average Bonchev–Trinajstić information content (AvgIpc) is 3.09. The lowest BCUT2D eigenvalue weighted by molar-refractivity contribution is 0.240. The van der Waals surface area contributed by atoms with Gasteiger partial charge in [0.05, 0.1) is 12.6 Å². The van der Waals surface area contributed by atoms with Crippen molar-refractivity contribution in [1.82, 2.24) is 15.6 Å². The Kier molecular flexibility index (Phi) is 5.58. The first-order valence-corrected chi connectivity index (χ1v) is 8.15. The van der Waals surface area contributed by atoms with E-state index < -0.39 is 0 Å². The van der Waals surface area contributed by atoms with E-state index in [1.54, 1.807) is 0 Å². The molecule has 3 N–H and O–H groups in total. The molecular weight excluding hydrogens is 288 g/mol. The van der Waals surface area contributed by atoms with E-state index in [0.717, 1.165) is 30.9 Å². The summed E-state index contributed by atoms with van der Waals surface area (Å²) in [7, 11) is 0. The van der Waals surface area contributed by atoms with Crippen LogP contribution in [0.5, 0.6) is 0 Å². The molecule has 1 aliphatic rings. The van der Waals surface area contributed by atoms with E-state index in [1.165, 1.54) is 0 Å². The molecule has 2 atom stereocenters. The van der Waals surface area contributed by atoms with Crippen molar-refractivity contribution in [3.8, 4) is 0 Å². The Hall–Kier alpha value is -1.95. The fraction of sp³-hybridized carbons (Fsp3) is 0.389. The van der Waals surface area contributed by atoms with E-state index in [2.05, 4.69) is 26.6 Å². The number of hydrogen-bond acceptors (Lipinski definition) is 5. The summed E-state index contributed by atoms with van der Waals surface area (Å²) in [6, 6.07) is 16.5. The van der Waals surface area contributed by atoms with Crippen LogP contribution in [0.2, 0.25) is 0 Å². The van der Waals surface area contributed by atoms with Gasteiger partial charge in [0.2, 0.25) is 0 Å². The predicted molar refractivity (Wildman–Crippen MR) is 92.3 cm³/mol. The van der Waals surface area contributed by atoms with Crippen LogP contribution in [-0.4, -0.2) is 42.5 Å². The summed E-state index contributed by atoms with van der Waals surface area (Å²) in [5.41, 5.74) is 1.11. The molecule has 1 fully saturated rings. The van der Waals surface area contributed by atoms with Crippen molar-refractivity contribution in [2.24, 2.45) is 0 Å². The molecule has 0 saturated carbocycles. The number of nitrogens with one attached hydrogen (secondary N) is 2. The highest BCUT2D eigenvalue weighted by Gasteiger charge is 2.22. The van der Waals surface area contributed by atoms with E-state index in [9.17, 15) is 5.11 Å². The zero-order chi connectivity index (χ0) is 15.9. The Morgan fingerprint density at radius 2 is 2.00 bits per heavy atom. The Bertz CT molecular complexity index is 578. The average molecular weight is 312 g/mol. The Morgan fingerprint density at radius 3 is 2.74 bits per heavy atom. The second-order valence-corrected chi connectivity index (χ2v) is 5.85. The standard InChI is InChI=1S/C18H24N4O/c23-13-17(15-6-2-1-3-7-15)21-14-20-16-9-11-22(12-16)18-8-4-5-10-19-18/h1-8,10,16-17,20-21,23H,9,11-14H2/t16-,17?/m1/s1. The molecule has 2 heterocycles. The highest BCUT2D eigenvalue weighted by molar-refractivity contribution is 5.39. The third kappa shape index (κ3) is 4.28. The summed E-state index contributed by atoms with van der Waals surface area (Å²) in [4.78, 5) is 6.71. The molecule has 5 heteroatoms. The second-order valence-electron chi connectivity index (χ2n) is 5.85. The van der Waals surface area contributed by atoms with Gasteiger partial charge >= 0.3 is 0 Å². The summed E-state index contributed by atoms with van der Waals surface area (Å²) in [5, 5.41) is 16.5. The first kappa shape index (κ1) is 15.9. The van der Waals surface area contributed by atoms with E-state index in [4.69, 9.17) is 0 Å². The van der Waals surface area contributed by atoms with Crippen LogP contribution in [0.4, 0.5) is 5.82 Å². The summed E-state index contributed by atoms with van der Waals surface area (Å²) in [5.74, 6) is 1.04. The predicted octanol–water partition coefficient (Wildman–Crippen LogP) is 1.53. The first-order chi connectivity index (χ1) is 11.4. The lowest BCUT2D eigenvalue weighted by atomic mass is 10.1. The van der Waals surface area contributed by atoms with Crippen LogP contribution in [0.25, 0.3) is 0 Å². The molecule has 0 bridgehead atoms. The number of aromatic nitrogens is 1. The molecule has 3 rings (SSSR count). The van der Waals surface area contributed by atoms with E-state index in [-0.39, 0.29) is 12.6 Å². The summed E-state index contributed by atoms with van der Waals surface area (Å²) in [6.07, 6.45) is 2.94. The van der Waals surface area contributed by atoms with Gasteiger partial charge in [0.25, 0.3) is 0 Å². The van der Waals surface area contributed by atoms with Crippen LogP contribution in [-0.2, 0) is 0 Å². The van der Waals surface area contributed by atoms with E-state index in [1.807, 2.05) is 48.7 Å². The molecule has 5 nitrogen and oxygen atoms in total. The van der Waals surface area contributed by atoms with E-state index in [0.29, 0.717) is 12.7 Å². The molecule has 1 unspecified atom stereocenters. The molecule has 23 heavy (non-hydrogen) atoms. The number of nitrogens with zero attached hydrogens (tertiary/aromatic N) is 2. The quantitative estimate of drug-likeness (QED) is 0.677. The fourth-order valence-corrected chi connectivity index (χ4v) is 2.98. The van der Waals surface area contributed by atoms with Crippen molar-refractivity contribution in [2.75, 3.05) is 31.3 Å². The van der Waals surface area contributed by atoms with Gasteiger partial charge in [-0.2, -0.15) is 0 Å². The molecule has 0 radical (unpaired) electrons. The first-order valence-electron chi connectivity index (χ1n) is 8.15. The number of benzene rings is 1. The van der Waals surface area contributed by atoms with Crippen molar-refractivity contribution in [1.29, 1.82) is 0 Å². The maximum atomic E-state index is 9.56. The van der Waals surface area contributed by atoms with Gasteiger partial charge < -0.3 is 10.0 Å². The van der Waals surface area contributed by atoms with Crippen molar-refractivity contribution in [2.45, 2.75) is 18.5 Å². The monoisotopic (exact) mass is 312 g/mol. The molecule has 1 aromatic heterocycles. The number of pyridine rings is 1. The van der Waals surface area contributed by atoms with Gasteiger partial charge in [0.1, 0.15) is 5.82 Å². The third-order valence-electron chi connectivity index (χ3n) is 4.29. The van der Waals surface area contributed by atoms with Gasteiger partial charge in [-0.15, -0.1) is 0 Å². The minimum Gasteiger partial charge on any atom is -0.394 e. The summed E-state index contributed by atoms with van der Waals surface area (Å²) in [6.45, 7) is 2.77. The number of hydrogen-bond donors (Lipinski definition) is 3. The Labute approximate surface area is 137 Å². The zero-order valence-corrected chi connectivity index (χ0v) is 13.2. The van der Waals surface area contributed by atoms with Gasteiger partial charge in [-0.3, -0.25) is 10.6 Å². The fourth-order valence-electron chi connectivity index (χ4n) is 2.98. The van der Waals surface area contributed by atoms with Crippen molar-refractivity contribution >= 4 is 5.82 Å². The Morgan fingerprint density at radius 1 is 1.17 bits per heavy atom. The topological polar surface area (TPSA) is 60.4 Å². The molecule has 1 aliphatic heterocycles. The van der Waals surface area contributed by atoms with Gasteiger partial charge in [-0.05, 0) is 24.1 Å². The second kappa shape index (κ2) is 8.06. The van der Waals surface area contributed by atoms with Gasteiger partial charge in [-0.25, -0.2) is 4.98 Å². The maximum Gasteiger partial charge on any atom is 0.128 e.